The summed E-state index contributed by atoms with van der Waals surface area (Å²) in [6.07, 6.45) is 2.50. The van der Waals surface area contributed by atoms with Crippen LogP contribution in [0.5, 0.6) is 0 Å². The number of rotatable bonds is 4. The fourth-order valence-electron chi connectivity index (χ4n) is 2.46. The first-order valence-electron chi connectivity index (χ1n) is 6.58. The van der Waals surface area contributed by atoms with Crippen molar-refractivity contribution in [3.8, 4) is 0 Å². The van der Waals surface area contributed by atoms with Crippen molar-refractivity contribution in [2.24, 2.45) is 5.92 Å². The Morgan fingerprint density at radius 1 is 1.50 bits per heavy atom. The highest BCUT2D eigenvalue weighted by Gasteiger charge is 2.24. The number of carbonyl (C=O) groups is 1. The van der Waals surface area contributed by atoms with Crippen molar-refractivity contribution in [2.75, 3.05) is 19.0 Å². The van der Waals surface area contributed by atoms with Gasteiger partial charge in [-0.2, -0.15) is 0 Å². The van der Waals surface area contributed by atoms with Gasteiger partial charge in [0, 0.05) is 25.4 Å². The largest absolute Gasteiger partial charge is 0.342 e. The van der Waals surface area contributed by atoms with Crippen LogP contribution < -0.4 is 0 Å². The molecule has 1 saturated heterocycles. The highest BCUT2D eigenvalue weighted by Crippen LogP contribution is 2.18. The lowest BCUT2D eigenvalue weighted by atomic mass is 10.1. The van der Waals surface area contributed by atoms with Crippen molar-refractivity contribution >= 4 is 17.5 Å². The molecule has 2 rings (SSSR count). The van der Waals surface area contributed by atoms with E-state index >= 15 is 0 Å². The highest BCUT2D eigenvalue weighted by atomic mass is 35.5. The number of benzene rings is 1. The Morgan fingerprint density at radius 2 is 2.33 bits per heavy atom. The average molecular weight is 266 g/mol. The number of likely N-dealkylation sites (tertiary alicyclic amines) is 1. The van der Waals surface area contributed by atoms with Crippen LogP contribution in [0.4, 0.5) is 0 Å². The maximum atomic E-state index is 12.0. The van der Waals surface area contributed by atoms with E-state index in [0.717, 1.165) is 25.9 Å². The minimum atomic E-state index is 0.268. The van der Waals surface area contributed by atoms with Crippen LogP contribution in [-0.4, -0.2) is 29.8 Å². The molecule has 0 spiro atoms. The Bertz CT molecular complexity index is 419. The third-order valence-electron chi connectivity index (χ3n) is 3.57. The number of carbonyl (C=O) groups excluding carboxylic acids is 1. The third kappa shape index (κ3) is 3.49. The van der Waals surface area contributed by atoms with Crippen molar-refractivity contribution in [3.05, 3.63) is 35.4 Å². The van der Waals surface area contributed by atoms with Crippen LogP contribution in [0.25, 0.3) is 0 Å². The summed E-state index contributed by atoms with van der Waals surface area (Å²) < 4.78 is 0. The number of hydrogen-bond acceptors (Lipinski definition) is 1. The van der Waals surface area contributed by atoms with E-state index in [4.69, 9.17) is 11.6 Å². The van der Waals surface area contributed by atoms with Gasteiger partial charge < -0.3 is 4.90 Å². The summed E-state index contributed by atoms with van der Waals surface area (Å²) in [6, 6.07) is 8.37. The zero-order chi connectivity index (χ0) is 13.0. The number of nitrogens with zero attached hydrogens (tertiary/aromatic N) is 1. The van der Waals surface area contributed by atoms with Crippen molar-refractivity contribution in [1.82, 2.24) is 4.90 Å². The van der Waals surface area contributed by atoms with Gasteiger partial charge in [0.05, 0.1) is 0 Å². The highest BCUT2D eigenvalue weighted by molar-refractivity contribution is 6.18. The van der Waals surface area contributed by atoms with E-state index in [1.807, 2.05) is 4.90 Å². The van der Waals surface area contributed by atoms with Gasteiger partial charge in [-0.05, 0) is 31.2 Å². The topological polar surface area (TPSA) is 20.3 Å². The Morgan fingerprint density at radius 3 is 3.00 bits per heavy atom. The van der Waals surface area contributed by atoms with Crippen molar-refractivity contribution in [1.29, 1.82) is 0 Å². The number of alkyl halides is 1. The van der Waals surface area contributed by atoms with Gasteiger partial charge in [-0.15, -0.1) is 11.6 Å². The maximum Gasteiger partial charge on any atom is 0.222 e. The molecule has 1 heterocycles. The van der Waals surface area contributed by atoms with E-state index in [1.54, 1.807) is 0 Å². The number of amides is 1. The number of hydrogen-bond donors (Lipinski definition) is 0. The van der Waals surface area contributed by atoms with E-state index in [-0.39, 0.29) is 5.91 Å². The molecule has 1 aromatic carbocycles. The zero-order valence-electron chi connectivity index (χ0n) is 10.9. The van der Waals surface area contributed by atoms with Crippen LogP contribution in [0.15, 0.2) is 24.3 Å². The number of aryl methyl sites for hydroxylation is 2. The molecule has 0 aromatic heterocycles. The molecule has 1 amide bonds. The predicted molar refractivity (Wildman–Crippen MR) is 74.9 cm³/mol. The first-order valence-corrected chi connectivity index (χ1v) is 7.12. The molecule has 0 radical (unpaired) electrons. The molecule has 0 saturated carbocycles. The molecule has 1 aliphatic heterocycles. The number of halogens is 1. The van der Waals surface area contributed by atoms with Gasteiger partial charge >= 0.3 is 0 Å². The van der Waals surface area contributed by atoms with Crippen LogP contribution in [0.1, 0.15) is 24.0 Å². The van der Waals surface area contributed by atoms with Gasteiger partial charge in [-0.3, -0.25) is 4.79 Å². The lowest BCUT2D eigenvalue weighted by molar-refractivity contribution is -0.130. The SMILES string of the molecule is Cc1cccc(CCC(=O)N2CCC(CCl)C2)c1. The smallest absolute Gasteiger partial charge is 0.222 e. The van der Waals surface area contributed by atoms with Gasteiger partial charge in [0.25, 0.3) is 0 Å². The maximum absolute atomic E-state index is 12.0. The molecular formula is C15H20ClNO. The molecule has 0 bridgehead atoms. The van der Waals surface area contributed by atoms with E-state index in [0.29, 0.717) is 18.2 Å². The molecule has 1 aromatic rings. The van der Waals surface area contributed by atoms with E-state index in [1.165, 1.54) is 11.1 Å². The zero-order valence-corrected chi connectivity index (χ0v) is 11.6. The molecule has 0 N–H and O–H groups in total. The molecule has 1 unspecified atom stereocenters. The molecule has 3 heteroatoms. The normalized spacial score (nSPS) is 19.2. The first-order chi connectivity index (χ1) is 8.69. The summed E-state index contributed by atoms with van der Waals surface area (Å²) in [5.74, 6) is 1.43. The predicted octanol–water partition coefficient (Wildman–Crippen LogP) is 3.01. The summed E-state index contributed by atoms with van der Waals surface area (Å²) in [7, 11) is 0. The van der Waals surface area contributed by atoms with Gasteiger partial charge in [0.2, 0.25) is 5.91 Å². The van der Waals surface area contributed by atoms with Gasteiger partial charge in [0.1, 0.15) is 0 Å². The van der Waals surface area contributed by atoms with E-state index < -0.39 is 0 Å². The monoisotopic (exact) mass is 265 g/mol. The Balaban J connectivity index is 1.82. The molecule has 1 fully saturated rings. The van der Waals surface area contributed by atoms with Crippen LogP contribution in [0.3, 0.4) is 0 Å². The molecular weight excluding hydrogens is 246 g/mol. The van der Waals surface area contributed by atoms with Crippen molar-refractivity contribution in [2.45, 2.75) is 26.2 Å². The lowest BCUT2D eigenvalue weighted by Gasteiger charge is -2.16. The molecule has 98 valence electrons. The van der Waals surface area contributed by atoms with Gasteiger partial charge in [0.15, 0.2) is 0 Å². The second-order valence-electron chi connectivity index (χ2n) is 5.14. The standard InChI is InChI=1S/C15H20ClNO/c1-12-3-2-4-13(9-12)5-6-15(18)17-8-7-14(10-16)11-17/h2-4,9,14H,5-8,10-11H2,1H3. The fourth-order valence-corrected chi connectivity index (χ4v) is 2.71. The minimum absolute atomic E-state index is 0.268. The second-order valence-corrected chi connectivity index (χ2v) is 5.45. The first kappa shape index (κ1) is 13.4. The fraction of sp³-hybridized carbons (Fsp3) is 0.533. The second kappa shape index (κ2) is 6.24. The van der Waals surface area contributed by atoms with Crippen LogP contribution in [0, 0.1) is 12.8 Å². The Kier molecular flexibility index (Phi) is 4.65. The van der Waals surface area contributed by atoms with E-state index in [2.05, 4.69) is 31.2 Å². The van der Waals surface area contributed by atoms with Crippen molar-refractivity contribution in [3.63, 3.8) is 0 Å². The molecule has 1 aliphatic rings. The molecule has 0 aliphatic carbocycles. The summed E-state index contributed by atoms with van der Waals surface area (Å²) in [6.45, 7) is 3.80. The molecule has 18 heavy (non-hydrogen) atoms. The Hall–Kier alpha value is -1.02. The van der Waals surface area contributed by atoms with Crippen LogP contribution >= 0.6 is 11.6 Å². The van der Waals surface area contributed by atoms with E-state index in [9.17, 15) is 4.79 Å². The third-order valence-corrected chi connectivity index (χ3v) is 4.00. The summed E-state index contributed by atoms with van der Waals surface area (Å²) in [5, 5.41) is 0. The summed E-state index contributed by atoms with van der Waals surface area (Å²) in [4.78, 5) is 14.0. The van der Waals surface area contributed by atoms with Gasteiger partial charge in [-0.25, -0.2) is 0 Å². The van der Waals surface area contributed by atoms with Crippen LogP contribution in [-0.2, 0) is 11.2 Å². The summed E-state index contributed by atoms with van der Waals surface area (Å²) in [5.41, 5.74) is 2.50. The minimum Gasteiger partial charge on any atom is -0.342 e. The quantitative estimate of drug-likeness (QED) is 0.767. The van der Waals surface area contributed by atoms with Crippen LogP contribution in [0.2, 0.25) is 0 Å². The molecule has 2 nitrogen and oxygen atoms in total. The summed E-state index contributed by atoms with van der Waals surface area (Å²) >= 11 is 5.83. The Labute approximate surface area is 114 Å². The van der Waals surface area contributed by atoms with Crippen molar-refractivity contribution < 1.29 is 4.79 Å². The average Bonchev–Trinajstić information content (AvgIpc) is 2.85. The van der Waals surface area contributed by atoms with Gasteiger partial charge in [-0.1, -0.05) is 29.8 Å². The lowest BCUT2D eigenvalue weighted by Crippen LogP contribution is -2.29. The molecule has 1 atom stereocenters.